The van der Waals surface area contributed by atoms with Gasteiger partial charge in [0.1, 0.15) is 0 Å². The highest BCUT2D eigenvalue weighted by Crippen LogP contribution is 2.41. The molecule has 2 aromatic heterocycles. The summed E-state index contributed by atoms with van der Waals surface area (Å²) in [7, 11) is 0. The molecule has 0 radical (unpaired) electrons. The van der Waals surface area contributed by atoms with Gasteiger partial charge in [0.2, 0.25) is 0 Å². The quantitative estimate of drug-likeness (QED) is 0.231. The molecule has 0 bridgehead atoms. The highest BCUT2D eigenvalue weighted by Gasteiger charge is 2.20. The normalized spacial score (nSPS) is 11.8. The molecule has 2 heterocycles. The van der Waals surface area contributed by atoms with E-state index in [1.54, 1.807) is 0 Å². The molecule has 3 heteroatoms. The fraction of sp³-hybridized carbons (Fsp3) is 0. The summed E-state index contributed by atoms with van der Waals surface area (Å²) in [6.07, 6.45) is 0. The third kappa shape index (κ3) is 2.66. The van der Waals surface area contributed by atoms with E-state index in [2.05, 4.69) is 140 Å². The lowest BCUT2D eigenvalue weighted by Crippen LogP contribution is -1.98. The molecule has 7 aromatic rings. The van der Waals surface area contributed by atoms with Crippen LogP contribution >= 0.6 is 15.9 Å². The first-order valence-electron chi connectivity index (χ1n) is 11.1. The van der Waals surface area contributed by atoms with Gasteiger partial charge >= 0.3 is 0 Å². The van der Waals surface area contributed by atoms with E-state index in [1.807, 2.05) is 0 Å². The molecule has 0 amide bonds. The van der Waals surface area contributed by atoms with Crippen molar-refractivity contribution in [2.45, 2.75) is 0 Å². The van der Waals surface area contributed by atoms with Crippen LogP contribution in [0.3, 0.4) is 0 Å². The Morgan fingerprint density at radius 1 is 0.424 bits per heavy atom. The zero-order valence-electron chi connectivity index (χ0n) is 17.7. The summed E-state index contributed by atoms with van der Waals surface area (Å²) in [5, 5.41) is 5.06. The monoisotopic (exact) mass is 486 g/mol. The van der Waals surface area contributed by atoms with Crippen molar-refractivity contribution in [3.63, 3.8) is 0 Å². The van der Waals surface area contributed by atoms with Gasteiger partial charge in [0.05, 0.1) is 22.1 Å². The van der Waals surface area contributed by atoms with Gasteiger partial charge in [-0.1, -0.05) is 88.7 Å². The molecule has 0 N–H and O–H groups in total. The van der Waals surface area contributed by atoms with Crippen LogP contribution in [0.5, 0.6) is 0 Å². The highest BCUT2D eigenvalue weighted by atomic mass is 79.9. The van der Waals surface area contributed by atoms with E-state index >= 15 is 0 Å². The van der Waals surface area contributed by atoms with Crippen molar-refractivity contribution in [2.75, 3.05) is 0 Å². The molecule has 0 aliphatic carbocycles. The lowest BCUT2D eigenvalue weighted by Gasteiger charge is -2.12. The Bertz CT molecular complexity index is 1820. The molecule has 33 heavy (non-hydrogen) atoms. The third-order valence-electron chi connectivity index (χ3n) is 6.55. The Balaban J connectivity index is 1.80. The number of hydrogen-bond donors (Lipinski definition) is 0. The summed E-state index contributed by atoms with van der Waals surface area (Å²) in [4.78, 5) is 0. The summed E-state index contributed by atoms with van der Waals surface area (Å²) < 4.78 is 5.90. The Morgan fingerprint density at radius 2 is 0.939 bits per heavy atom. The Hall–Kier alpha value is -3.82. The fourth-order valence-electron chi connectivity index (χ4n) is 5.23. The van der Waals surface area contributed by atoms with Crippen LogP contribution in [-0.2, 0) is 0 Å². The molecule has 0 fully saturated rings. The maximum absolute atomic E-state index is 3.69. The van der Waals surface area contributed by atoms with Crippen molar-refractivity contribution in [3.05, 3.63) is 120 Å². The van der Waals surface area contributed by atoms with Crippen LogP contribution in [0.2, 0.25) is 0 Å². The Kier molecular flexibility index (Phi) is 4.02. The van der Waals surface area contributed by atoms with Crippen LogP contribution in [0.4, 0.5) is 0 Å². The molecule has 2 nitrogen and oxygen atoms in total. The molecule has 0 aliphatic heterocycles. The van der Waals surface area contributed by atoms with E-state index in [0.717, 1.165) is 10.2 Å². The van der Waals surface area contributed by atoms with E-state index in [-0.39, 0.29) is 0 Å². The standard InChI is InChI=1S/C30H19BrN2/c31-20-9-8-12-22(19-20)33-28-16-7-5-14-24(28)26-18-17-25-23-13-4-6-15-27(23)32(29(25)30(26)33)21-10-2-1-3-11-21/h1-19H. The zero-order chi connectivity index (χ0) is 21.9. The zero-order valence-corrected chi connectivity index (χ0v) is 19.3. The maximum Gasteiger partial charge on any atom is 0.0788 e. The van der Waals surface area contributed by atoms with Crippen molar-refractivity contribution >= 4 is 59.5 Å². The highest BCUT2D eigenvalue weighted by molar-refractivity contribution is 9.10. The molecule has 0 saturated carbocycles. The molecule has 0 saturated heterocycles. The van der Waals surface area contributed by atoms with Crippen LogP contribution in [0.25, 0.3) is 55.0 Å². The van der Waals surface area contributed by atoms with Gasteiger partial charge in [0, 0.05) is 37.4 Å². The second-order valence-electron chi connectivity index (χ2n) is 8.38. The molecular weight excluding hydrogens is 468 g/mol. The molecule has 0 atom stereocenters. The van der Waals surface area contributed by atoms with E-state index in [4.69, 9.17) is 0 Å². The number of aromatic nitrogens is 2. The Labute approximate surface area is 199 Å². The van der Waals surface area contributed by atoms with E-state index in [0.29, 0.717) is 0 Å². The van der Waals surface area contributed by atoms with Crippen molar-refractivity contribution in [1.82, 2.24) is 9.13 Å². The molecule has 0 aliphatic rings. The summed E-state index contributed by atoms with van der Waals surface area (Å²) in [6.45, 7) is 0. The smallest absolute Gasteiger partial charge is 0.0788 e. The number of halogens is 1. The minimum absolute atomic E-state index is 1.07. The van der Waals surface area contributed by atoms with Gasteiger partial charge in [-0.15, -0.1) is 0 Å². The van der Waals surface area contributed by atoms with Gasteiger partial charge in [-0.25, -0.2) is 0 Å². The number of fused-ring (bicyclic) bond motifs is 7. The van der Waals surface area contributed by atoms with Crippen LogP contribution in [0.15, 0.2) is 120 Å². The summed E-state index contributed by atoms with van der Waals surface area (Å²) in [5.41, 5.74) is 7.21. The lowest BCUT2D eigenvalue weighted by molar-refractivity contribution is 1.15. The first-order valence-corrected chi connectivity index (χ1v) is 11.9. The average Bonchev–Trinajstić information content (AvgIpc) is 3.38. The number of para-hydroxylation sites is 3. The Morgan fingerprint density at radius 3 is 1.55 bits per heavy atom. The molecule has 0 unspecified atom stereocenters. The van der Waals surface area contributed by atoms with Gasteiger partial charge in [0.15, 0.2) is 0 Å². The molecule has 156 valence electrons. The van der Waals surface area contributed by atoms with Crippen LogP contribution < -0.4 is 0 Å². The summed E-state index contributed by atoms with van der Waals surface area (Å²) >= 11 is 3.69. The predicted molar refractivity (Wildman–Crippen MR) is 143 cm³/mol. The van der Waals surface area contributed by atoms with Gasteiger partial charge in [0.25, 0.3) is 0 Å². The molecular formula is C30H19BrN2. The number of rotatable bonds is 2. The van der Waals surface area contributed by atoms with E-state index in [1.165, 1.54) is 49.3 Å². The van der Waals surface area contributed by atoms with Crippen molar-refractivity contribution < 1.29 is 0 Å². The van der Waals surface area contributed by atoms with Gasteiger partial charge in [-0.2, -0.15) is 0 Å². The minimum Gasteiger partial charge on any atom is -0.307 e. The summed E-state index contributed by atoms with van der Waals surface area (Å²) in [5.74, 6) is 0. The maximum atomic E-state index is 3.69. The number of nitrogens with zero attached hydrogens (tertiary/aromatic N) is 2. The second-order valence-corrected chi connectivity index (χ2v) is 9.29. The van der Waals surface area contributed by atoms with E-state index < -0.39 is 0 Å². The van der Waals surface area contributed by atoms with Crippen molar-refractivity contribution in [3.8, 4) is 11.4 Å². The molecule has 5 aromatic carbocycles. The molecule has 7 rings (SSSR count). The average molecular weight is 487 g/mol. The SMILES string of the molecule is Brc1cccc(-n2c3ccccc3c3ccc4c5ccccc5n(-c5ccccc5)c4c32)c1. The van der Waals surface area contributed by atoms with Crippen LogP contribution in [-0.4, -0.2) is 9.13 Å². The van der Waals surface area contributed by atoms with Gasteiger partial charge < -0.3 is 9.13 Å². The predicted octanol–water partition coefficient (Wildman–Crippen LogP) is 8.64. The number of hydrogen-bond acceptors (Lipinski definition) is 0. The van der Waals surface area contributed by atoms with Crippen molar-refractivity contribution in [1.29, 1.82) is 0 Å². The first-order chi connectivity index (χ1) is 16.3. The minimum atomic E-state index is 1.07. The second kappa shape index (κ2) is 7.09. The summed E-state index contributed by atoms with van der Waals surface area (Å²) in [6, 6.07) is 41.2. The lowest BCUT2D eigenvalue weighted by atomic mass is 10.1. The molecule has 0 spiro atoms. The first kappa shape index (κ1) is 18.7. The fourth-order valence-corrected chi connectivity index (χ4v) is 5.62. The van der Waals surface area contributed by atoms with Crippen LogP contribution in [0.1, 0.15) is 0 Å². The van der Waals surface area contributed by atoms with Gasteiger partial charge in [-0.05, 0) is 42.5 Å². The topological polar surface area (TPSA) is 9.86 Å². The largest absolute Gasteiger partial charge is 0.307 e. The van der Waals surface area contributed by atoms with Crippen LogP contribution in [0, 0.1) is 0 Å². The van der Waals surface area contributed by atoms with Gasteiger partial charge in [-0.3, -0.25) is 0 Å². The third-order valence-corrected chi connectivity index (χ3v) is 7.04. The van der Waals surface area contributed by atoms with Crippen molar-refractivity contribution in [2.24, 2.45) is 0 Å². The number of benzene rings is 5. The van der Waals surface area contributed by atoms with E-state index in [9.17, 15) is 0 Å².